The molecule has 8 heteroatoms. The van der Waals surface area contributed by atoms with E-state index in [0.29, 0.717) is 41.5 Å². The highest BCUT2D eigenvalue weighted by molar-refractivity contribution is 5.99. The lowest BCUT2D eigenvalue weighted by atomic mass is 10.1. The van der Waals surface area contributed by atoms with Crippen molar-refractivity contribution in [2.24, 2.45) is 0 Å². The molecule has 0 saturated heterocycles. The first-order chi connectivity index (χ1) is 13.1. The highest BCUT2D eigenvalue weighted by atomic mass is 19.1. The molecule has 1 aliphatic heterocycles. The van der Waals surface area contributed by atoms with Gasteiger partial charge in [-0.05, 0) is 24.3 Å². The summed E-state index contributed by atoms with van der Waals surface area (Å²) in [6, 6.07) is 8.53. The second kappa shape index (κ2) is 7.06. The standard InChI is InChI=1S/C19H15F2N3O3/c20-13-3-1-12(15(21)8-13)9-22-19(25)14-10-23-24-18(14)11-2-4-16-17(7-11)27-6-5-26-16/h1-4,7-8,10H,5-6,9H2,(H,22,25)(H,23,24). The van der Waals surface area contributed by atoms with Crippen LogP contribution in [0, 0.1) is 11.6 Å². The number of carbonyl (C=O) groups excluding carboxylic acids is 1. The summed E-state index contributed by atoms with van der Waals surface area (Å²) in [5.74, 6) is -0.583. The van der Waals surface area contributed by atoms with E-state index in [-0.39, 0.29) is 12.1 Å². The predicted molar refractivity (Wildman–Crippen MR) is 92.5 cm³/mol. The molecule has 0 unspecified atom stereocenters. The first-order valence-corrected chi connectivity index (χ1v) is 8.27. The zero-order chi connectivity index (χ0) is 18.8. The average Bonchev–Trinajstić information content (AvgIpc) is 3.16. The van der Waals surface area contributed by atoms with Crippen molar-refractivity contribution in [1.82, 2.24) is 15.5 Å². The molecule has 0 atom stereocenters. The molecule has 0 fully saturated rings. The number of benzene rings is 2. The Kier molecular flexibility index (Phi) is 4.45. The highest BCUT2D eigenvalue weighted by Crippen LogP contribution is 2.34. The second-order valence-corrected chi connectivity index (χ2v) is 5.94. The van der Waals surface area contributed by atoms with Crippen molar-refractivity contribution in [1.29, 1.82) is 0 Å². The number of hydrogen-bond acceptors (Lipinski definition) is 4. The third-order valence-electron chi connectivity index (χ3n) is 4.17. The number of nitrogens with one attached hydrogen (secondary N) is 2. The lowest BCUT2D eigenvalue weighted by Crippen LogP contribution is -2.23. The minimum atomic E-state index is -0.713. The maximum Gasteiger partial charge on any atom is 0.255 e. The fraction of sp³-hybridized carbons (Fsp3) is 0.158. The van der Waals surface area contributed by atoms with Crippen LogP contribution in [0.5, 0.6) is 11.5 Å². The van der Waals surface area contributed by atoms with Gasteiger partial charge in [0.25, 0.3) is 5.91 Å². The molecule has 0 bridgehead atoms. The SMILES string of the molecule is O=C(NCc1ccc(F)cc1F)c1cn[nH]c1-c1ccc2c(c1)OCCO2. The number of halogens is 2. The summed E-state index contributed by atoms with van der Waals surface area (Å²) in [5.41, 5.74) is 1.70. The van der Waals surface area contributed by atoms with Crippen LogP contribution >= 0.6 is 0 Å². The first kappa shape index (κ1) is 17.0. The smallest absolute Gasteiger partial charge is 0.255 e. The lowest BCUT2D eigenvalue weighted by molar-refractivity contribution is 0.0951. The van der Waals surface area contributed by atoms with Crippen molar-refractivity contribution in [2.45, 2.75) is 6.54 Å². The van der Waals surface area contributed by atoms with Crippen LogP contribution in [-0.2, 0) is 6.54 Å². The number of nitrogens with zero attached hydrogens (tertiary/aromatic N) is 1. The Morgan fingerprint density at radius 3 is 2.74 bits per heavy atom. The van der Waals surface area contributed by atoms with Crippen LogP contribution in [0.25, 0.3) is 11.3 Å². The topological polar surface area (TPSA) is 76.2 Å². The van der Waals surface area contributed by atoms with E-state index in [9.17, 15) is 13.6 Å². The Bertz CT molecular complexity index is 1000. The van der Waals surface area contributed by atoms with E-state index in [1.54, 1.807) is 18.2 Å². The second-order valence-electron chi connectivity index (χ2n) is 5.94. The van der Waals surface area contributed by atoms with Crippen molar-refractivity contribution in [3.05, 3.63) is 65.4 Å². The molecular formula is C19H15F2N3O3. The molecule has 6 nitrogen and oxygen atoms in total. The molecular weight excluding hydrogens is 356 g/mol. The maximum absolute atomic E-state index is 13.7. The minimum absolute atomic E-state index is 0.0727. The van der Waals surface area contributed by atoms with E-state index in [0.717, 1.165) is 12.1 Å². The monoisotopic (exact) mass is 371 g/mol. The summed E-state index contributed by atoms with van der Waals surface area (Å²) in [6.45, 7) is 0.872. The summed E-state index contributed by atoms with van der Waals surface area (Å²) in [5, 5.41) is 9.35. The van der Waals surface area contributed by atoms with Gasteiger partial charge < -0.3 is 14.8 Å². The molecule has 138 valence electrons. The van der Waals surface area contributed by atoms with Crippen molar-refractivity contribution in [2.75, 3.05) is 13.2 Å². The molecule has 0 radical (unpaired) electrons. The molecule has 1 aliphatic rings. The Morgan fingerprint density at radius 1 is 1.11 bits per heavy atom. The van der Waals surface area contributed by atoms with Gasteiger partial charge >= 0.3 is 0 Å². The predicted octanol–water partition coefficient (Wildman–Crippen LogP) is 3.06. The van der Waals surface area contributed by atoms with Gasteiger partial charge in [-0.3, -0.25) is 9.89 Å². The summed E-state index contributed by atoms with van der Waals surface area (Å²) >= 11 is 0. The number of fused-ring (bicyclic) bond motifs is 1. The van der Waals surface area contributed by atoms with E-state index in [1.165, 1.54) is 12.3 Å². The van der Waals surface area contributed by atoms with Gasteiger partial charge in [0.1, 0.15) is 24.8 Å². The summed E-state index contributed by atoms with van der Waals surface area (Å²) < 4.78 is 37.7. The number of hydrogen-bond donors (Lipinski definition) is 2. The number of aromatic amines is 1. The molecule has 2 heterocycles. The van der Waals surface area contributed by atoms with Gasteiger partial charge in [0.2, 0.25) is 0 Å². The van der Waals surface area contributed by atoms with E-state index in [4.69, 9.17) is 9.47 Å². The number of carbonyl (C=O) groups is 1. The van der Waals surface area contributed by atoms with Crippen LogP contribution in [0.1, 0.15) is 15.9 Å². The van der Waals surface area contributed by atoms with Crippen molar-refractivity contribution in [3.8, 4) is 22.8 Å². The summed E-state index contributed by atoms with van der Waals surface area (Å²) in [4.78, 5) is 12.5. The Labute approximate surface area is 153 Å². The number of rotatable bonds is 4. The molecule has 2 aromatic carbocycles. The molecule has 0 saturated carbocycles. The van der Waals surface area contributed by atoms with Crippen molar-refractivity contribution < 1.29 is 23.0 Å². The fourth-order valence-electron chi connectivity index (χ4n) is 2.81. The molecule has 1 amide bonds. The number of H-pyrrole nitrogens is 1. The molecule has 4 rings (SSSR count). The molecule has 1 aromatic heterocycles. The summed E-state index contributed by atoms with van der Waals surface area (Å²) in [6.07, 6.45) is 1.39. The molecule has 0 spiro atoms. The maximum atomic E-state index is 13.7. The molecule has 3 aromatic rings. The lowest BCUT2D eigenvalue weighted by Gasteiger charge is -2.18. The van der Waals surface area contributed by atoms with Gasteiger partial charge in [0, 0.05) is 23.7 Å². The Balaban J connectivity index is 1.53. The average molecular weight is 371 g/mol. The fourth-order valence-corrected chi connectivity index (χ4v) is 2.81. The van der Waals surface area contributed by atoms with Crippen LogP contribution in [0.15, 0.2) is 42.6 Å². The Hall–Kier alpha value is -3.42. The van der Waals surface area contributed by atoms with Gasteiger partial charge in [0.15, 0.2) is 11.5 Å². The third kappa shape index (κ3) is 3.46. The molecule has 0 aliphatic carbocycles. The van der Waals surface area contributed by atoms with E-state index >= 15 is 0 Å². The first-order valence-electron chi connectivity index (χ1n) is 8.27. The van der Waals surface area contributed by atoms with E-state index in [2.05, 4.69) is 15.5 Å². The largest absolute Gasteiger partial charge is 0.486 e. The van der Waals surface area contributed by atoms with Gasteiger partial charge in [-0.2, -0.15) is 5.10 Å². The zero-order valence-corrected chi connectivity index (χ0v) is 14.1. The number of ether oxygens (including phenoxy) is 2. The summed E-state index contributed by atoms with van der Waals surface area (Å²) in [7, 11) is 0. The van der Waals surface area contributed by atoms with Gasteiger partial charge in [-0.25, -0.2) is 8.78 Å². The highest BCUT2D eigenvalue weighted by Gasteiger charge is 2.18. The quantitative estimate of drug-likeness (QED) is 0.739. The van der Waals surface area contributed by atoms with Crippen molar-refractivity contribution >= 4 is 5.91 Å². The molecule has 2 N–H and O–H groups in total. The van der Waals surface area contributed by atoms with Gasteiger partial charge in [-0.1, -0.05) is 6.07 Å². The van der Waals surface area contributed by atoms with Crippen LogP contribution in [-0.4, -0.2) is 29.3 Å². The van der Waals surface area contributed by atoms with Crippen LogP contribution in [0.2, 0.25) is 0 Å². The van der Waals surface area contributed by atoms with Gasteiger partial charge in [0.05, 0.1) is 17.5 Å². The minimum Gasteiger partial charge on any atom is -0.486 e. The zero-order valence-electron chi connectivity index (χ0n) is 14.1. The van der Waals surface area contributed by atoms with Crippen LogP contribution in [0.4, 0.5) is 8.78 Å². The van der Waals surface area contributed by atoms with E-state index in [1.807, 2.05) is 0 Å². The third-order valence-corrected chi connectivity index (χ3v) is 4.17. The van der Waals surface area contributed by atoms with Crippen LogP contribution < -0.4 is 14.8 Å². The van der Waals surface area contributed by atoms with Gasteiger partial charge in [-0.15, -0.1) is 0 Å². The van der Waals surface area contributed by atoms with E-state index < -0.39 is 17.5 Å². The van der Waals surface area contributed by atoms with Crippen LogP contribution in [0.3, 0.4) is 0 Å². The number of aromatic nitrogens is 2. The van der Waals surface area contributed by atoms with Crippen molar-refractivity contribution in [3.63, 3.8) is 0 Å². The Morgan fingerprint density at radius 2 is 1.93 bits per heavy atom. The normalized spacial score (nSPS) is 12.7. The molecule has 27 heavy (non-hydrogen) atoms. The number of amides is 1.